The average Bonchev–Trinajstić information content (AvgIpc) is 2.58. The lowest BCUT2D eigenvalue weighted by molar-refractivity contribution is 0.282. The highest BCUT2D eigenvalue weighted by Crippen LogP contribution is 2.30. The van der Waals surface area contributed by atoms with Crippen molar-refractivity contribution in [1.82, 2.24) is 0 Å². The van der Waals surface area contributed by atoms with Gasteiger partial charge in [0.15, 0.2) is 0 Å². The van der Waals surface area contributed by atoms with Gasteiger partial charge in [-0.1, -0.05) is 11.6 Å². The van der Waals surface area contributed by atoms with Gasteiger partial charge in [0.05, 0.1) is 6.61 Å². The maximum absolute atomic E-state index is 9.00. The van der Waals surface area contributed by atoms with Crippen LogP contribution in [0.3, 0.4) is 0 Å². The van der Waals surface area contributed by atoms with Gasteiger partial charge in [-0.3, -0.25) is 0 Å². The second-order valence-corrected chi connectivity index (χ2v) is 4.35. The second kappa shape index (κ2) is 3.58. The highest BCUT2D eigenvalue weighted by Gasteiger charge is 2.05. The number of thiophene rings is 1. The zero-order chi connectivity index (χ0) is 10.1. The summed E-state index contributed by atoms with van der Waals surface area (Å²) in [6, 6.07) is 7.49. The van der Waals surface area contributed by atoms with E-state index in [-0.39, 0.29) is 6.61 Å². The van der Waals surface area contributed by atoms with E-state index in [4.69, 9.17) is 22.0 Å². The van der Waals surface area contributed by atoms with Crippen LogP contribution in [0.25, 0.3) is 10.1 Å². The van der Waals surface area contributed by atoms with Gasteiger partial charge in [0, 0.05) is 9.72 Å². The normalized spacial score (nSPS) is 10.4. The van der Waals surface area contributed by atoms with Crippen LogP contribution < -0.4 is 0 Å². The molecule has 1 heterocycles. The minimum Gasteiger partial charge on any atom is -0.392 e. The van der Waals surface area contributed by atoms with Crippen molar-refractivity contribution in [3.05, 3.63) is 33.7 Å². The number of nitriles is 1. The van der Waals surface area contributed by atoms with Gasteiger partial charge in [-0.15, -0.1) is 11.3 Å². The van der Waals surface area contributed by atoms with Gasteiger partial charge >= 0.3 is 0 Å². The smallest absolute Gasteiger partial charge is 0.110 e. The largest absolute Gasteiger partial charge is 0.392 e. The van der Waals surface area contributed by atoms with Crippen molar-refractivity contribution in [2.24, 2.45) is 0 Å². The Morgan fingerprint density at radius 2 is 2.21 bits per heavy atom. The summed E-state index contributed by atoms with van der Waals surface area (Å²) in [6.07, 6.45) is 0. The van der Waals surface area contributed by atoms with E-state index in [2.05, 4.69) is 6.07 Å². The molecule has 0 aliphatic carbocycles. The Balaban J connectivity index is 2.71. The molecule has 2 aromatic rings. The Labute approximate surface area is 90.0 Å². The van der Waals surface area contributed by atoms with E-state index < -0.39 is 0 Å². The first kappa shape index (κ1) is 9.47. The van der Waals surface area contributed by atoms with Gasteiger partial charge in [0.2, 0.25) is 0 Å². The van der Waals surface area contributed by atoms with Crippen LogP contribution in [0.2, 0.25) is 5.02 Å². The first-order chi connectivity index (χ1) is 6.74. The molecule has 0 atom stereocenters. The molecule has 14 heavy (non-hydrogen) atoms. The average molecular weight is 224 g/mol. The molecule has 0 saturated carbocycles. The Morgan fingerprint density at radius 3 is 2.86 bits per heavy atom. The van der Waals surface area contributed by atoms with Crippen molar-refractivity contribution in [1.29, 1.82) is 5.26 Å². The van der Waals surface area contributed by atoms with Crippen LogP contribution in [0.4, 0.5) is 0 Å². The molecule has 1 aromatic heterocycles. The van der Waals surface area contributed by atoms with Crippen LogP contribution in [-0.2, 0) is 6.61 Å². The molecule has 1 aromatic carbocycles. The van der Waals surface area contributed by atoms with E-state index in [0.717, 1.165) is 10.1 Å². The lowest BCUT2D eigenvalue weighted by atomic mass is 10.2. The van der Waals surface area contributed by atoms with Crippen molar-refractivity contribution < 1.29 is 5.11 Å². The third-order valence-electron chi connectivity index (χ3n) is 1.97. The van der Waals surface area contributed by atoms with Gasteiger partial charge in [-0.2, -0.15) is 5.26 Å². The second-order valence-electron chi connectivity index (χ2n) is 2.86. The zero-order valence-corrected chi connectivity index (χ0v) is 8.69. The molecule has 0 fully saturated rings. The summed E-state index contributed by atoms with van der Waals surface area (Å²) >= 11 is 7.32. The first-order valence-electron chi connectivity index (χ1n) is 3.97. The van der Waals surface area contributed by atoms with E-state index in [9.17, 15) is 0 Å². The van der Waals surface area contributed by atoms with E-state index in [1.807, 2.05) is 6.07 Å². The topological polar surface area (TPSA) is 44.0 Å². The molecule has 0 aliphatic rings. The molecule has 0 saturated heterocycles. The Bertz CT molecular complexity index is 527. The van der Waals surface area contributed by atoms with Crippen LogP contribution in [0.1, 0.15) is 10.4 Å². The highest BCUT2D eigenvalue weighted by molar-refractivity contribution is 7.19. The number of aliphatic hydroxyl groups is 1. The maximum Gasteiger partial charge on any atom is 0.110 e. The summed E-state index contributed by atoms with van der Waals surface area (Å²) < 4.78 is 0.981. The Hall–Kier alpha value is -1.08. The molecule has 1 N–H and O–H groups in total. The Kier molecular flexibility index (Phi) is 2.42. The number of nitrogens with zero attached hydrogens (tertiary/aromatic N) is 1. The number of aliphatic hydroxyl groups excluding tert-OH is 1. The summed E-state index contributed by atoms with van der Waals surface area (Å²) in [5.74, 6) is 0. The lowest BCUT2D eigenvalue weighted by Gasteiger charge is -1.99. The minimum absolute atomic E-state index is 0.0748. The maximum atomic E-state index is 9.00. The molecule has 0 radical (unpaired) electrons. The fourth-order valence-corrected chi connectivity index (χ4v) is 2.41. The van der Waals surface area contributed by atoms with Gasteiger partial charge in [0.25, 0.3) is 0 Å². The number of rotatable bonds is 1. The number of halogens is 1. The van der Waals surface area contributed by atoms with Crippen LogP contribution in [-0.4, -0.2) is 5.11 Å². The van der Waals surface area contributed by atoms with Crippen LogP contribution in [0, 0.1) is 11.3 Å². The van der Waals surface area contributed by atoms with Crippen LogP contribution in [0.15, 0.2) is 18.2 Å². The summed E-state index contributed by atoms with van der Waals surface area (Å²) in [5, 5.41) is 19.2. The van der Waals surface area contributed by atoms with Crippen LogP contribution in [0.5, 0.6) is 0 Å². The SMILES string of the molecule is N#Cc1cc2cc(Cl)c(CO)cc2s1. The van der Waals surface area contributed by atoms with E-state index in [1.165, 1.54) is 11.3 Å². The summed E-state index contributed by atoms with van der Waals surface area (Å²) in [6.45, 7) is -0.0748. The minimum atomic E-state index is -0.0748. The third-order valence-corrected chi connectivity index (χ3v) is 3.32. The van der Waals surface area contributed by atoms with Gasteiger partial charge in [-0.25, -0.2) is 0 Å². The number of benzene rings is 1. The summed E-state index contributed by atoms with van der Waals surface area (Å²) in [4.78, 5) is 0.658. The summed E-state index contributed by atoms with van der Waals surface area (Å²) in [5.41, 5.74) is 0.700. The zero-order valence-electron chi connectivity index (χ0n) is 7.12. The van der Waals surface area contributed by atoms with Crippen LogP contribution >= 0.6 is 22.9 Å². The van der Waals surface area contributed by atoms with Gasteiger partial charge < -0.3 is 5.11 Å². The van der Waals surface area contributed by atoms with Crippen molar-refractivity contribution in [2.75, 3.05) is 0 Å². The van der Waals surface area contributed by atoms with Crippen molar-refractivity contribution in [2.45, 2.75) is 6.61 Å². The fourth-order valence-electron chi connectivity index (χ4n) is 1.28. The Morgan fingerprint density at radius 1 is 1.43 bits per heavy atom. The van der Waals surface area contributed by atoms with E-state index in [1.54, 1.807) is 12.1 Å². The monoisotopic (exact) mass is 223 g/mol. The third kappa shape index (κ3) is 1.48. The number of fused-ring (bicyclic) bond motifs is 1. The molecule has 2 rings (SSSR count). The molecular formula is C10H6ClNOS. The molecule has 0 aliphatic heterocycles. The van der Waals surface area contributed by atoms with Gasteiger partial charge in [-0.05, 0) is 29.1 Å². The highest BCUT2D eigenvalue weighted by atomic mass is 35.5. The van der Waals surface area contributed by atoms with E-state index >= 15 is 0 Å². The molecule has 0 unspecified atom stereocenters. The lowest BCUT2D eigenvalue weighted by Crippen LogP contribution is -1.82. The quantitative estimate of drug-likeness (QED) is 0.808. The molecule has 4 heteroatoms. The van der Waals surface area contributed by atoms with Crippen molar-refractivity contribution >= 4 is 33.0 Å². The molecule has 2 nitrogen and oxygen atoms in total. The summed E-state index contributed by atoms with van der Waals surface area (Å²) in [7, 11) is 0. The predicted octanol–water partition coefficient (Wildman–Crippen LogP) is 2.92. The van der Waals surface area contributed by atoms with Gasteiger partial charge in [0.1, 0.15) is 10.9 Å². The molecule has 0 bridgehead atoms. The first-order valence-corrected chi connectivity index (χ1v) is 5.17. The standard InChI is InChI=1S/C10H6ClNOS/c11-9-2-6-1-8(4-12)14-10(6)3-7(9)5-13/h1-3,13H,5H2. The molecule has 0 amide bonds. The molecule has 70 valence electrons. The van der Waals surface area contributed by atoms with E-state index in [0.29, 0.717) is 15.5 Å². The fraction of sp³-hybridized carbons (Fsp3) is 0.100. The predicted molar refractivity (Wildman–Crippen MR) is 57.5 cm³/mol. The number of hydrogen-bond acceptors (Lipinski definition) is 3. The van der Waals surface area contributed by atoms with Crippen molar-refractivity contribution in [3.63, 3.8) is 0 Å². The molecular weight excluding hydrogens is 218 g/mol. The molecule has 0 spiro atoms. The van der Waals surface area contributed by atoms with Crippen molar-refractivity contribution in [3.8, 4) is 6.07 Å². The number of hydrogen-bond donors (Lipinski definition) is 1.